The van der Waals surface area contributed by atoms with Gasteiger partial charge < -0.3 is 14.5 Å². The number of piperidine rings is 2. The molecular weight excluding hydrogens is 308 g/mol. The van der Waals surface area contributed by atoms with Crippen LogP contribution in [0.1, 0.15) is 58.3 Å². The monoisotopic (exact) mass is 338 g/mol. The molecule has 0 aromatic rings. The van der Waals surface area contributed by atoms with Gasteiger partial charge in [-0.3, -0.25) is 14.4 Å². The first-order valence-electron chi connectivity index (χ1n) is 9.27. The van der Waals surface area contributed by atoms with Crippen molar-refractivity contribution < 1.29 is 19.1 Å². The Bertz CT molecular complexity index is 444. The SMILES string of the molecule is CC1CCN(C(=O)CCC(=O)OCCCN2CCCCC2=O)CC1. The summed E-state index contributed by atoms with van der Waals surface area (Å²) in [5.41, 5.74) is 0. The van der Waals surface area contributed by atoms with E-state index in [0.29, 0.717) is 31.9 Å². The molecule has 24 heavy (non-hydrogen) atoms. The molecule has 2 aliphatic rings. The van der Waals surface area contributed by atoms with Crippen LogP contribution in [0.4, 0.5) is 0 Å². The van der Waals surface area contributed by atoms with Gasteiger partial charge >= 0.3 is 5.97 Å². The lowest BCUT2D eigenvalue weighted by molar-refractivity contribution is -0.146. The molecule has 0 atom stereocenters. The highest BCUT2D eigenvalue weighted by molar-refractivity contribution is 5.81. The number of nitrogens with zero attached hydrogens (tertiary/aromatic N) is 2. The third-order valence-electron chi connectivity index (χ3n) is 4.94. The van der Waals surface area contributed by atoms with Gasteiger partial charge in [0.2, 0.25) is 11.8 Å². The van der Waals surface area contributed by atoms with Crippen LogP contribution in [0.2, 0.25) is 0 Å². The summed E-state index contributed by atoms with van der Waals surface area (Å²) < 4.78 is 5.18. The van der Waals surface area contributed by atoms with E-state index in [2.05, 4.69) is 6.92 Å². The maximum absolute atomic E-state index is 12.1. The Balaban J connectivity index is 1.53. The van der Waals surface area contributed by atoms with Crippen molar-refractivity contribution in [2.75, 3.05) is 32.8 Å². The minimum atomic E-state index is -0.321. The van der Waals surface area contributed by atoms with Crippen molar-refractivity contribution in [1.29, 1.82) is 0 Å². The largest absolute Gasteiger partial charge is 0.466 e. The van der Waals surface area contributed by atoms with Crippen LogP contribution >= 0.6 is 0 Å². The van der Waals surface area contributed by atoms with Gasteiger partial charge in [0.05, 0.1) is 13.0 Å². The average Bonchev–Trinajstić information content (AvgIpc) is 2.58. The Morgan fingerprint density at radius 3 is 2.58 bits per heavy atom. The maximum Gasteiger partial charge on any atom is 0.306 e. The molecule has 0 radical (unpaired) electrons. The van der Waals surface area contributed by atoms with E-state index in [4.69, 9.17) is 4.74 Å². The number of hydrogen-bond donors (Lipinski definition) is 0. The molecule has 2 saturated heterocycles. The van der Waals surface area contributed by atoms with Crippen LogP contribution < -0.4 is 0 Å². The fourth-order valence-corrected chi connectivity index (χ4v) is 3.24. The van der Waals surface area contributed by atoms with Crippen molar-refractivity contribution in [3.63, 3.8) is 0 Å². The van der Waals surface area contributed by atoms with Crippen LogP contribution in [-0.4, -0.2) is 60.4 Å². The summed E-state index contributed by atoms with van der Waals surface area (Å²) in [5, 5.41) is 0. The highest BCUT2D eigenvalue weighted by Crippen LogP contribution is 2.17. The number of rotatable bonds is 7. The fourth-order valence-electron chi connectivity index (χ4n) is 3.24. The molecule has 2 fully saturated rings. The number of carbonyl (C=O) groups is 3. The lowest BCUT2D eigenvalue weighted by Gasteiger charge is -2.30. The molecule has 2 heterocycles. The van der Waals surface area contributed by atoms with Crippen molar-refractivity contribution in [2.24, 2.45) is 5.92 Å². The van der Waals surface area contributed by atoms with E-state index < -0.39 is 0 Å². The minimum absolute atomic E-state index is 0.0535. The molecular formula is C18H30N2O4. The zero-order valence-corrected chi connectivity index (χ0v) is 14.8. The van der Waals surface area contributed by atoms with Gasteiger partial charge in [-0.2, -0.15) is 0 Å². The van der Waals surface area contributed by atoms with Gasteiger partial charge in [-0.1, -0.05) is 6.92 Å². The van der Waals surface area contributed by atoms with Crippen molar-refractivity contribution in [2.45, 2.75) is 58.3 Å². The lowest BCUT2D eigenvalue weighted by Crippen LogP contribution is -2.38. The second-order valence-corrected chi connectivity index (χ2v) is 6.98. The second-order valence-electron chi connectivity index (χ2n) is 6.98. The second kappa shape index (κ2) is 9.64. The Morgan fingerprint density at radius 1 is 1.12 bits per heavy atom. The van der Waals surface area contributed by atoms with Crippen LogP contribution in [0.3, 0.4) is 0 Å². The molecule has 6 heteroatoms. The molecule has 2 rings (SSSR count). The number of carbonyl (C=O) groups excluding carboxylic acids is 3. The van der Waals surface area contributed by atoms with E-state index in [1.807, 2.05) is 9.80 Å². The van der Waals surface area contributed by atoms with Gasteiger partial charge in [0, 0.05) is 39.0 Å². The van der Waals surface area contributed by atoms with Crippen molar-refractivity contribution in [1.82, 2.24) is 9.80 Å². The highest BCUT2D eigenvalue weighted by Gasteiger charge is 2.21. The van der Waals surface area contributed by atoms with E-state index in [-0.39, 0.29) is 30.6 Å². The molecule has 0 aromatic heterocycles. The Morgan fingerprint density at radius 2 is 1.88 bits per heavy atom. The van der Waals surface area contributed by atoms with E-state index in [9.17, 15) is 14.4 Å². The van der Waals surface area contributed by atoms with Crippen LogP contribution in [0.25, 0.3) is 0 Å². The molecule has 0 aromatic carbocycles. The van der Waals surface area contributed by atoms with Gasteiger partial charge in [-0.15, -0.1) is 0 Å². The molecule has 2 amide bonds. The van der Waals surface area contributed by atoms with Gasteiger partial charge in [-0.05, 0) is 38.0 Å². The topological polar surface area (TPSA) is 66.9 Å². The summed E-state index contributed by atoms with van der Waals surface area (Å²) >= 11 is 0. The fraction of sp³-hybridized carbons (Fsp3) is 0.833. The quantitative estimate of drug-likeness (QED) is 0.526. The van der Waals surface area contributed by atoms with Crippen molar-refractivity contribution in [3.8, 4) is 0 Å². The molecule has 6 nitrogen and oxygen atoms in total. The van der Waals surface area contributed by atoms with Crippen LogP contribution in [0.15, 0.2) is 0 Å². The zero-order valence-electron chi connectivity index (χ0n) is 14.8. The van der Waals surface area contributed by atoms with Gasteiger partial charge in [0.15, 0.2) is 0 Å². The number of esters is 1. The van der Waals surface area contributed by atoms with E-state index in [1.165, 1.54) is 0 Å². The van der Waals surface area contributed by atoms with Crippen molar-refractivity contribution in [3.05, 3.63) is 0 Å². The predicted molar refractivity (Wildman–Crippen MR) is 90.2 cm³/mol. The van der Waals surface area contributed by atoms with Crippen LogP contribution in [0, 0.1) is 5.92 Å². The lowest BCUT2D eigenvalue weighted by atomic mass is 9.99. The molecule has 2 aliphatic heterocycles. The first-order valence-corrected chi connectivity index (χ1v) is 9.27. The van der Waals surface area contributed by atoms with E-state index in [0.717, 1.165) is 45.3 Å². The molecule has 0 unspecified atom stereocenters. The number of ether oxygens (including phenoxy) is 1. The number of likely N-dealkylation sites (tertiary alicyclic amines) is 2. The van der Waals surface area contributed by atoms with E-state index >= 15 is 0 Å². The zero-order chi connectivity index (χ0) is 17.4. The molecule has 0 aliphatic carbocycles. The van der Waals surface area contributed by atoms with Gasteiger partial charge in [0.25, 0.3) is 0 Å². The molecule has 0 bridgehead atoms. The normalized spacial score (nSPS) is 19.5. The first kappa shape index (κ1) is 18.7. The highest BCUT2D eigenvalue weighted by atomic mass is 16.5. The van der Waals surface area contributed by atoms with E-state index in [1.54, 1.807) is 0 Å². The summed E-state index contributed by atoms with van der Waals surface area (Å²) in [6, 6.07) is 0. The Hall–Kier alpha value is -1.59. The summed E-state index contributed by atoms with van der Waals surface area (Å²) in [5.74, 6) is 0.622. The smallest absolute Gasteiger partial charge is 0.306 e. The Labute approximate surface area is 144 Å². The molecule has 136 valence electrons. The van der Waals surface area contributed by atoms with Gasteiger partial charge in [0.1, 0.15) is 0 Å². The average molecular weight is 338 g/mol. The Kier molecular flexibility index (Phi) is 7.53. The number of hydrogen-bond acceptors (Lipinski definition) is 4. The predicted octanol–water partition coefficient (Wildman–Crippen LogP) is 1.97. The molecule has 0 saturated carbocycles. The minimum Gasteiger partial charge on any atom is -0.466 e. The number of amides is 2. The van der Waals surface area contributed by atoms with Crippen LogP contribution in [-0.2, 0) is 19.1 Å². The maximum atomic E-state index is 12.1. The van der Waals surface area contributed by atoms with Crippen LogP contribution in [0.5, 0.6) is 0 Å². The third-order valence-corrected chi connectivity index (χ3v) is 4.94. The summed E-state index contributed by atoms with van der Waals surface area (Å²) in [6.45, 7) is 5.60. The summed E-state index contributed by atoms with van der Waals surface area (Å²) in [4.78, 5) is 39.1. The van der Waals surface area contributed by atoms with Crippen molar-refractivity contribution >= 4 is 17.8 Å². The molecule has 0 N–H and O–H groups in total. The third kappa shape index (κ3) is 6.13. The first-order chi connectivity index (χ1) is 11.6. The molecule has 0 spiro atoms. The summed E-state index contributed by atoms with van der Waals surface area (Å²) in [7, 11) is 0. The summed E-state index contributed by atoms with van der Waals surface area (Å²) in [6.07, 6.45) is 5.81. The standard InChI is InChI=1S/C18H30N2O4/c1-15-8-12-20(13-9-15)17(22)6-7-18(23)24-14-4-11-19-10-3-2-5-16(19)21/h15H,2-14H2,1H3. The van der Waals surface area contributed by atoms with Gasteiger partial charge in [-0.25, -0.2) is 0 Å².